The van der Waals surface area contributed by atoms with E-state index >= 15 is 0 Å². The van der Waals surface area contributed by atoms with Crippen LogP contribution < -0.4 is 5.32 Å². The van der Waals surface area contributed by atoms with Gasteiger partial charge in [0.05, 0.1) is 12.7 Å². The van der Waals surface area contributed by atoms with E-state index in [4.69, 9.17) is 14.2 Å². The molecule has 0 radical (unpaired) electrons. The van der Waals surface area contributed by atoms with Crippen molar-refractivity contribution in [3.63, 3.8) is 0 Å². The number of ether oxygens (including phenoxy) is 3. The van der Waals surface area contributed by atoms with Gasteiger partial charge in [-0.3, -0.25) is 0 Å². The zero-order chi connectivity index (χ0) is 13.1. The minimum absolute atomic E-state index is 0.341. The minimum Gasteiger partial charge on any atom is -0.381 e. The second-order valence-electron chi connectivity index (χ2n) is 5.15. The molecule has 1 N–H and O–H groups in total. The molecular weight excluding hydrogens is 230 g/mol. The molecule has 0 aromatic rings. The first-order chi connectivity index (χ1) is 8.79. The monoisotopic (exact) mass is 259 g/mol. The van der Waals surface area contributed by atoms with Crippen LogP contribution in [0.5, 0.6) is 0 Å². The summed E-state index contributed by atoms with van der Waals surface area (Å²) in [7, 11) is 0. The van der Waals surface area contributed by atoms with E-state index in [0.29, 0.717) is 12.0 Å². The Hall–Kier alpha value is -0.160. The second kappa shape index (κ2) is 10.7. The Bertz CT molecular complexity index is 182. The highest BCUT2D eigenvalue weighted by molar-refractivity contribution is 4.62. The summed E-state index contributed by atoms with van der Waals surface area (Å²) in [5.41, 5.74) is 0. The first-order valence-electron chi connectivity index (χ1n) is 7.27. The smallest absolute Gasteiger partial charge is 0.0591 e. The average molecular weight is 259 g/mol. The minimum atomic E-state index is 0.341. The summed E-state index contributed by atoms with van der Waals surface area (Å²) in [5.74, 6) is 0.707. The van der Waals surface area contributed by atoms with Gasteiger partial charge in [0, 0.05) is 33.0 Å². The zero-order valence-electron chi connectivity index (χ0n) is 12.0. The van der Waals surface area contributed by atoms with Gasteiger partial charge in [-0.25, -0.2) is 0 Å². The molecule has 0 unspecified atom stereocenters. The van der Waals surface area contributed by atoms with Gasteiger partial charge >= 0.3 is 0 Å². The van der Waals surface area contributed by atoms with Crippen molar-refractivity contribution in [2.24, 2.45) is 5.92 Å². The normalized spacial score (nSPS) is 17.5. The Morgan fingerprint density at radius 3 is 2.67 bits per heavy atom. The quantitative estimate of drug-likeness (QED) is 0.608. The third kappa shape index (κ3) is 8.86. The van der Waals surface area contributed by atoms with Crippen molar-refractivity contribution in [2.45, 2.75) is 39.2 Å². The first-order valence-corrected chi connectivity index (χ1v) is 7.27. The molecular formula is C14H29NO3. The van der Waals surface area contributed by atoms with Crippen LogP contribution in [-0.2, 0) is 14.2 Å². The van der Waals surface area contributed by atoms with Gasteiger partial charge < -0.3 is 19.5 Å². The molecule has 1 aliphatic rings. The average Bonchev–Trinajstić information content (AvgIpc) is 2.37. The van der Waals surface area contributed by atoms with E-state index in [2.05, 4.69) is 19.2 Å². The Balaban J connectivity index is 1.75. The highest BCUT2D eigenvalue weighted by Gasteiger charge is 2.13. The third-order valence-corrected chi connectivity index (χ3v) is 3.07. The summed E-state index contributed by atoms with van der Waals surface area (Å²) >= 11 is 0. The molecule has 1 heterocycles. The van der Waals surface area contributed by atoms with Crippen molar-refractivity contribution in [3.8, 4) is 0 Å². The molecule has 0 aromatic carbocycles. The van der Waals surface area contributed by atoms with Gasteiger partial charge in [0.2, 0.25) is 0 Å². The first kappa shape index (κ1) is 15.9. The van der Waals surface area contributed by atoms with Gasteiger partial charge in [-0.15, -0.1) is 0 Å². The van der Waals surface area contributed by atoms with Gasteiger partial charge in [0.15, 0.2) is 0 Å². The summed E-state index contributed by atoms with van der Waals surface area (Å²) in [5, 5.41) is 3.37. The van der Waals surface area contributed by atoms with Crippen LogP contribution in [0, 0.1) is 5.92 Å². The lowest BCUT2D eigenvalue weighted by molar-refractivity contribution is 0.0213. The van der Waals surface area contributed by atoms with Crippen molar-refractivity contribution >= 4 is 0 Å². The van der Waals surface area contributed by atoms with E-state index < -0.39 is 0 Å². The number of hydrogen-bond acceptors (Lipinski definition) is 4. The summed E-state index contributed by atoms with van der Waals surface area (Å²) in [6.07, 6.45) is 3.71. The molecule has 0 aliphatic carbocycles. The summed E-state index contributed by atoms with van der Waals surface area (Å²) in [6, 6.07) is 0. The summed E-state index contributed by atoms with van der Waals surface area (Å²) < 4.78 is 16.5. The molecule has 18 heavy (non-hydrogen) atoms. The maximum absolute atomic E-state index is 5.67. The van der Waals surface area contributed by atoms with Gasteiger partial charge in [-0.05, 0) is 45.6 Å². The van der Waals surface area contributed by atoms with E-state index in [-0.39, 0.29) is 0 Å². The number of hydrogen-bond donors (Lipinski definition) is 1. The Kier molecular flexibility index (Phi) is 9.48. The van der Waals surface area contributed by atoms with Crippen molar-refractivity contribution in [1.82, 2.24) is 5.32 Å². The number of nitrogens with one attached hydrogen (secondary N) is 1. The fourth-order valence-corrected chi connectivity index (χ4v) is 1.95. The standard InChI is InChI=1S/C14H29NO3/c1-13(2)18-8-3-6-15-7-11-17-12-14-4-9-16-10-5-14/h13-15H,3-12H2,1-2H3. The van der Waals surface area contributed by atoms with E-state index in [9.17, 15) is 0 Å². The van der Waals surface area contributed by atoms with Crippen LogP contribution in [0.15, 0.2) is 0 Å². The van der Waals surface area contributed by atoms with E-state index in [1.165, 1.54) is 0 Å². The number of rotatable bonds is 10. The molecule has 0 saturated carbocycles. The van der Waals surface area contributed by atoms with Crippen LogP contribution >= 0.6 is 0 Å². The third-order valence-electron chi connectivity index (χ3n) is 3.07. The fourth-order valence-electron chi connectivity index (χ4n) is 1.95. The summed E-state index contributed by atoms with van der Waals surface area (Å²) in [6.45, 7) is 10.4. The van der Waals surface area contributed by atoms with Gasteiger partial charge in [0.1, 0.15) is 0 Å². The highest BCUT2D eigenvalue weighted by atomic mass is 16.5. The lowest BCUT2D eigenvalue weighted by atomic mass is 10.0. The van der Waals surface area contributed by atoms with Crippen molar-refractivity contribution in [1.29, 1.82) is 0 Å². The van der Waals surface area contributed by atoms with Crippen LogP contribution in [0.1, 0.15) is 33.1 Å². The van der Waals surface area contributed by atoms with E-state index in [1.54, 1.807) is 0 Å². The predicted octanol–water partition coefficient (Wildman–Crippen LogP) is 1.83. The fraction of sp³-hybridized carbons (Fsp3) is 1.00. The lowest BCUT2D eigenvalue weighted by Gasteiger charge is -2.21. The van der Waals surface area contributed by atoms with Gasteiger partial charge in [0.25, 0.3) is 0 Å². The van der Waals surface area contributed by atoms with Crippen LogP contribution in [0.3, 0.4) is 0 Å². The molecule has 1 rings (SSSR count). The molecule has 0 bridgehead atoms. The molecule has 0 amide bonds. The Morgan fingerprint density at radius 1 is 1.17 bits per heavy atom. The van der Waals surface area contributed by atoms with Crippen molar-refractivity contribution in [2.75, 3.05) is 46.1 Å². The van der Waals surface area contributed by atoms with E-state index in [1.807, 2.05) is 0 Å². The highest BCUT2D eigenvalue weighted by Crippen LogP contribution is 2.14. The lowest BCUT2D eigenvalue weighted by Crippen LogP contribution is -2.25. The van der Waals surface area contributed by atoms with Crippen LogP contribution in [0.4, 0.5) is 0 Å². The molecule has 4 heteroatoms. The molecule has 108 valence electrons. The zero-order valence-corrected chi connectivity index (χ0v) is 12.0. The van der Waals surface area contributed by atoms with Crippen LogP contribution in [-0.4, -0.2) is 52.2 Å². The van der Waals surface area contributed by atoms with Crippen LogP contribution in [0.25, 0.3) is 0 Å². The molecule has 1 saturated heterocycles. The Labute approximate surface area is 111 Å². The van der Waals surface area contributed by atoms with Gasteiger partial charge in [-0.2, -0.15) is 0 Å². The SMILES string of the molecule is CC(C)OCCCNCCOCC1CCOCC1. The maximum atomic E-state index is 5.67. The van der Waals surface area contributed by atoms with Crippen molar-refractivity contribution in [3.05, 3.63) is 0 Å². The van der Waals surface area contributed by atoms with Crippen LogP contribution in [0.2, 0.25) is 0 Å². The summed E-state index contributed by atoms with van der Waals surface area (Å²) in [4.78, 5) is 0. The molecule has 1 aliphatic heterocycles. The van der Waals surface area contributed by atoms with E-state index in [0.717, 1.165) is 65.4 Å². The Morgan fingerprint density at radius 2 is 1.94 bits per heavy atom. The second-order valence-corrected chi connectivity index (χ2v) is 5.15. The molecule has 0 atom stereocenters. The van der Waals surface area contributed by atoms with Gasteiger partial charge in [-0.1, -0.05) is 0 Å². The molecule has 0 spiro atoms. The predicted molar refractivity (Wildman–Crippen MR) is 72.9 cm³/mol. The molecule has 4 nitrogen and oxygen atoms in total. The van der Waals surface area contributed by atoms with Crippen molar-refractivity contribution < 1.29 is 14.2 Å². The topological polar surface area (TPSA) is 39.7 Å². The largest absolute Gasteiger partial charge is 0.381 e. The molecule has 0 aromatic heterocycles. The maximum Gasteiger partial charge on any atom is 0.0591 e. The molecule has 1 fully saturated rings.